The minimum atomic E-state index is -0.0241. The van der Waals surface area contributed by atoms with E-state index >= 15 is 0 Å². The zero-order valence-electron chi connectivity index (χ0n) is 17.4. The van der Waals surface area contributed by atoms with Crippen LogP contribution in [0.1, 0.15) is 25.3 Å². The zero-order valence-corrected chi connectivity index (χ0v) is 17.4. The van der Waals surface area contributed by atoms with Gasteiger partial charge in [-0.3, -0.25) is 14.6 Å². The van der Waals surface area contributed by atoms with Gasteiger partial charge in [-0.1, -0.05) is 30.3 Å². The highest BCUT2D eigenvalue weighted by molar-refractivity contribution is 5.88. The topological polar surface area (TPSA) is 38.8 Å². The van der Waals surface area contributed by atoms with E-state index in [0.29, 0.717) is 6.04 Å². The fourth-order valence-electron chi connectivity index (χ4n) is 4.61. The standard InChI is InChI=1S/C24H32N4O/c1-20(29)25-22-11-9-21(10-12-22)18-26-13-5-8-24(19-26)28-16-14-27(15-17-28)23-6-3-2-4-7-23/h2-4,6-7,9-12,24H,5,8,13-19H2,1H3,(H,25,29)/t24-/m0/s1. The van der Waals surface area contributed by atoms with Crippen molar-refractivity contribution in [1.82, 2.24) is 9.80 Å². The monoisotopic (exact) mass is 392 g/mol. The molecule has 154 valence electrons. The fraction of sp³-hybridized carbons (Fsp3) is 0.458. The van der Waals surface area contributed by atoms with Crippen LogP contribution < -0.4 is 10.2 Å². The molecule has 0 unspecified atom stereocenters. The molecule has 1 N–H and O–H groups in total. The second-order valence-corrected chi connectivity index (χ2v) is 8.27. The van der Waals surface area contributed by atoms with Gasteiger partial charge in [-0.15, -0.1) is 0 Å². The largest absolute Gasteiger partial charge is 0.369 e. The highest BCUT2D eigenvalue weighted by Gasteiger charge is 2.28. The Morgan fingerprint density at radius 3 is 2.38 bits per heavy atom. The van der Waals surface area contributed by atoms with Gasteiger partial charge in [-0.2, -0.15) is 0 Å². The fourth-order valence-corrected chi connectivity index (χ4v) is 4.61. The molecule has 1 atom stereocenters. The van der Waals surface area contributed by atoms with E-state index in [-0.39, 0.29) is 5.91 Å². The summed E-state index contributed by atoms with van der Waals surface area (Å²) in [6.45, 7) is 9.39. The Hall–Kier alpha value is -2.37. The quantitative estimate of drug-likeness (QED) is 0.846. The maximum Gasteiger partial charge on any atom is 0.221 e. The van der Waals surface area contributed by atoms with E-state index < -0.39 is 0 Å². The molecule has 2 fully saturated rings. The summed E-state index contributed by atoms with van der Waals surface area (Å²) in [6.07, 6.45) is 2.58. The molecule has 2 heterocycles. The number of nitrogens with zero attached hydrogens (tertiary/aromatic N) is 3. The lowest BCUT2D eigenvalue weighted by Gasteiger charge is -2.44. The van der Waals surface area contributed by atoms with Crippen LogP contribution in [0.15, 0.2) is 54.6 Å². The van der Waals surface area contributed by atoms with Crippen LogP contribution in [-0.4, -0.2) is 61.0 Å². The second kappa shape index (κ2) is 9.42. The average Bonchev–Trinajstić information content (AvgIpc) is 2.76. The number of amides is 1. The summed E-state index contributed by atoms with van der Waals surface area (Å²) in [5.41, 5.74) is 3.53. The number of piperazine rings is 1. The summed E-state index contributed by atoms with van der Waals surface area (Å²) >= 11 is 0. The van der Waals surface area contributed by atoms with Crippen molar-refractivity contribution in [2.45, 2.75) is 32.4 Å². The molecule has 5 nitrogen and oxygen atoms in total. The molecule has 2 saturated heterocycles. The third-order valence-electron chi connectivity index (χ3n) is 6.11. The number of para-hydroxylation sites is 1. The molecule has 2 aromatic carbocycles. The van der Waals surface area contributed by atoms with Gasteiger partial charge in [-0.05, 0) is 49.2 Å². The molecular formula is C24H32N4O. The first-order chi connectivity index (χ1) is 14.2. The van der Waals surface area contributed by atoms with E-state index in [9.17, 15) is 4.79 Å². The van der Waals surface area contributed by atoms with Crippen LogP contribution in [-0.2, 0) is 11.3 Å². The normalized spacial score (nSPS) is 21.1. The van der Waals surface area contributed by atoms with Crippen LogP contribution in [0.2, 0.25) is 0 Å². The Labute approximate surface area is 174 Å². The number of hydrogen-bond acceptors (Lipinski definition) is 4. The summed E-state index contributed by atoms with van der Waals surface area (Å²) in [6, 6.07) is 19.7. The molecular weight excluding hydrogens is 360 g/mol. The number of nitrogens with one attached hydrogen (secondary N) is 1. The summed E-state index contributed by atoms with van der Waals surface area (Å²) in [4.78, 5) is 19.0. The number of carbonyl (C=O) groups is 1. The highest BCUT2D eigenvalue weighted by atomic mass is 16.1. The third kappa shape index (κ3) is 5.37. The Morgan fingerprint density at radius 1 is 0.966 bits per heavy atom. The van der Waals surface area contributed by atoms with Crippen LogP contribution in [0.5, 0.6) is 0 Å². The van der Waals surface area contributed by atoms with Crippen molar-refractivity contribution in [2.24, 2.45) is 0 Å². The van der Waals surface area contributed by atoms with Gasteiger partial charge in [-0.25, -0.2) is 0 Å². The first kappa shape index (κ1) is 19.9. The Kier molecular flexibility index (Phi) is 6.47. The van der Waals surface area contributed by atoms with Crippen molar-refractivity contribution in [3.05, 3.63) is 60.2 Å². The number of likely N-dealkylation sites (tertiary alicyclic amines) is 1. The van der Waals surface area contributed by atoms with Gasteiger partial charge in [0.25, 0.3) is 0 Å². The first-order valence-electron chi connectivity index (χ1n) is 10.8. The number of piperidine rings is 1. The molecule has 0 aromatic heterocycles. The maximum atomic E-state index is 11.2. The predicted octanol–water partition coefficient (Wildman–Crippen LogP) is 3.43. The SMILES string of the molecule is CC(=O)Nc1ccc(CN2CCC[C@H](N3CCN(c4ccccc4)CC3)C2)cc1. The van der Waals surface area contributed by atoms with Crippen LogP contribution in [0.4, 0.5) is 11.4 Å². The summed E-state index contributed by atoms with van der Waals surface area (Å²) in [5.74, 6) is -0.0241. The molecule has 0 aliphatic carbocycles. The Morgan fingerprint density at radius 2 is 1.69 bits per heavy atom. The lowest BCUT2D eigenvalue weighted by molar-refractivity contribution is -0.114. The van der Waals surface area contributed by atoms with Crippen molar-refractivity contribution < 1.29 is 4.79 Å². The maximum absolute atomic E-state index is 11.2. The van der Waals surface area contributed by atoms with Gasteiger partial charge in [0, 0.05) is 63.6 Å². The molecule has 4 rings (SSSR count). The molecule has 0 bridgehead atoms. The summed E-state index contributed by atoms with van der Waals surface area (Å²) in [7, 11) is 0. The number of rotatable bonds is 5. The molecule has 2 aromatic rings. The van der Waals surface area contributed by atoms with Crippen molar-refractivity contribution >= 4 is 17.3 Å². The van der Waals surface area contributed by atoms with E-state index in [4.69, 9.17) is 0 Å². The minimum Gasteiger partial charge on any atom is -0.369 e. The van der Waals surface area contributed by atoms with Crippen molar-refractivity contribution in [1.29, 1.82) is 0 Å². The number of carbonyl (C=O) groups excluding carboxylic acids is 1. The van der Waals surface area contributed by atoms with Gasteiger partial charge in [0.05, 0.1) is 0 Å². The molecule has 1 amide bonds. The van der Waals surface area contributed by atoms with Gasteiger partial charge in [0.1, 0.15) is 0 Å². The van der Waals surface area contributed by atoms with Crippen molar-refractivity contribution in [3.8, 4) is 0 Å². The summed E-state index contributed by atoms with van der Waals surface area (Å²) < 4.78 is 0. The van der Waals surface area contributed by atoms with Crippen LogP contribution in [0.3, 0.4) is 0 Å². The zero-order chi connectivity index (χ0) is 20.1. The lowest BCUT2D eigenvalue weighted by Crippen LogP contribution is -2.55. The van der Waals surface area contributed by atoms with E-state index in [2.05, 4.69) is 62.5 Å². The lowest BCUT2D eigenvalue weighted by atomic mass is 10.0. The van der Waals surface area contributed by atoms with Crippen molar-refractivity contribution in [3.63, 3.8) is 0 Å². The van der Waals surface area contributed by atoms with E-state index in [1.807, 2.05) is 12.1 Å². The van der Waals surface area contributed by atoms with Gasteiger partial charge < -0.3 is 10.2 Å². The van der Waals surface area contributed by atoms with Gasteiger partial charge in [0.15, 0.2) is 0 Å². The smallest absolute Gasteiger partial charge is 0.221 e. The number of anilines is 2. The summed E-state index contributed by atoms with van der Waals surface area (Å²) in [5, 5.41) is 2.84. The van der Waals surface area contributed by atoms with Gasteiger partial charge >= 0.3 is 0 Å². The highest BCUT2D eigenvalue weighted by Crippen LogP contribution is 2.22. The Bertz CT molecular complexity index is 784. The molecule has 2 aliphatic rings. The van der Waals surface area contributed by atoms with E-state index in [1.165, 1.54) is 30.6 Å². The van der Waals surface area contributed by atoms with E-state index in [0.717, 1.165) is 45.0 Å². The molecule has 5 heteroatoms. The number of hydrogen-bond donors (Lipinski definition) is 1. The van der Waals surface area contributed by atoms with Gasteiger partial charge in [0.2, 0.25) is 5.91 Å². The van der Waals surface area contributed by atoms with Crippen molar-refractivity contribution in [2.75, 3.05) is 49.5 Å². The minimum absolute atomic E-state index is 0.0241. The van der Waals surface area contributed by atoms with Crippen LogP contribution in [0, 0.1) is 0 Å². The third-order valence-corrected chi connectivity index (χ3v) is 6.11. The molecule has 0 spiro atoms. The number of benzene rings is 2. The molecule has 2 aliphatic heterocycles. The molecule has 29 heavy (non-hydrogen) atoms. The molecule has 0 radical (unpaired) electrons. The average molecular weight is 393 g/mol. The van der Waals surface area contributed by atoms with Crippen LogP contribution in [0.25, 0.3) is 0 Å². The first-order valence-corrected chi connectivity index (χ1v) is 10.8. The van der Waals surface area contributed by atoms with E-state index in [1.54, 1.807) is 6.92 Å². The predicted molar refractivity (Wildman–Crippen MR) is 119 cm³/mol. The Balaban J connectivity index is 1.28. The molecule has 0 saturated carbocycles. The van der Waals surface area contributed by atoms with Crippen LogP contribution >= 0.6 is 0 Å². The second-order valence-electron chi connectivity index (χ2n) is 8.27.